The van der Waals surface area contributed by atoms with Gasteiger partial charge in [0.2, 0.25) is 0 Å². The van der Waals surface area contributed by atoms with E-state index in [0.717, 1.165) is 34.1 Å². The largest absolute Gasteiger partial charge is 0.389 e. The van der Waals surface area contributed by atoms with E-state index in [9.17, 15) is 14.3 Å². The van der Waals surface area contributed by atoms with Crippen LogP contribution in [0.5, 0.6) is 0 Å². The fraction of sp³-hybridized carbons (Fsp3) is 0.367. The molecule has 35 heavy (non-hydrogen) atoms. The Labute approximate surface area is 208 Å². The first kappa shape index (κ1) is 26.7. The second-order valence-electron chi connectivity index (χ2n) is 9.93. The van der Waals surface area contributed by atoms with Crippen molar-refractivity contribution < 1.29 is 19.0 Å². The summed E-state index contributed by atoms with van der Waals surface area (Å²) in [7, 11) is 0. The molecule has 0 amide bonds. The van der Waals surface area contributed by atoms with Crippen LogP contribution in [0.15, 0.2) is 60.7 Å². The molecule has 3 aromatic carbocycles. The number of halogens is 1. The second kappa shape index (κ2) is 11.7. The number of aldehydes is 1. The maximum Gasteiger partial charge on any atom is 0.150 e. The van der Waals surface area contributed by atoms with E-state index in [0.29, 0.717) is 24.1 Å². The van der Waals surface area contributed by atoms with Crippen LogP contribution in [-0.4, -0.2) is 36.2 Å². The van der Waals surface area contributed by atoms with Gasteiger partial charge in [0.1, 0.15) is 12.1 Å². The van der Waals surface area contributed by atoms with E-state index in [1.807, 2.05) is 76.2 Å². The van der Waals surface area contributed by atoms with E-state index >= 15 is 0 Å². The minimum Gasteiger partial charge on any atom is -0.389 e. The molecule has 3 rings (SSSR count). The highest BCUT2D eigenvalue weighted by atomic mass is 19.1. The van der Waals surface area contributed by atoms with Gasteiger partial charge < -0.3 is 15.2 Å². The van der Waals surface area contributed by atoms with Gasteiger partial charge in [0, 0.05) is 17.6 Å². The monoisotopic (exact) mass is 477 g/mol. The molecule has 0 radical (unpaired) electrons. The average Bonchev–Trinajstić information content (AvgIpc) is 2.83. The first-order valence-electron chi connectivity index (χ1n) is 12.0. The Balaban J connectivity index is 1.57. The predicted octanol–water partition coefficient (Wildman–Crippen LogP) is 5.97. The van der Waals surface area contributed by atoms with Gasteiger partial charge in [0.25, 0.3) is 0 Å². The maximum absolute atomic E-state index is 13.9. The van der Waals surface area contributed by atoms with Crippen molar-refractivity contribution in [2.75, 3.05) is 13.2 Å². The summed E-state index contributed by atoms with van der Waals surface area (Å²) in [6.07, 6.45) is 0.597. The Bertz CT molecular complexity index is 1160. The number of ether oxygens (including phenoxy) is 1. The molecule has 0 aliphatic rings. The lowest BCUT2D eigenvalue weighted by molar-refractivity contribution is -0.00397. The van der Waals surface area contributed by atoms with Gasteiger partial charge in [-0.1, -0.05) is 54.6 Å². The summed E-state index contributed by atoms with van der Waals surface area (Å²) in [5.41, 5.74) is 5.93. The summed E-state index contributed by atoms with van der Waals surface area (Å²) in [5, 5.41) is 13.9. The van der Waals surface area contributed by atoms with Crippen LogP contribution in [0, 0.1) is 19.7 Å². The van der Waals surface area contributed by atoms with Gasteiger partial charge in [0.05, 0.1) is 18.8 Å². The van der Waals surface area contributed by atoms with Crippen LogP contribution in [0.3, 0.4) is 0 Å². The normalized spacial score (nSPS) is 13.5. The van der Waals surface area contributed by atoms with Gasteiger partial charge in [0.15, 0.2) is 0 Å². The number of rotatable bonds is 11. The topological polar surface area (TPSA) is 58.6 Å². The number of nitrogens with one attached hydrogen (secondary N) is 1. The van der Waals surface area contributed by atoms with Crippen molar-refractivity contribution in [3.05, 3.63) is 94.3 Å². The van der Waals surface area contributed by atoms with Crippen molar-refractivity contribution in [3.63, 3.8) is 0 Å². The van der Waals surface area contributed by atoms with Crippen LogP contribution in [0.2, 0.25) is 0 Å². The first-order chi connectivity index (χ1) is 16.6. The SMILES string of the molecule is Cc1ccc(CC(C)(C)NC[C@@H](O)CO[C@H](C)c2ccccc2-c2ccc(C=O)c(C)c2)cc1F. The van der Waals surface area contributed by atoms with Crippen molar-refractivity contribution in [2.24, 2.45) is 0 Å². The number of carbonyl (C=O) groups excluding carboxylic acids is 1. The average molecular weight is 478 g/mol. The smallest absolute Gasteiger partial charge is 0.150 e. The fourth-order valence-corrected chi connectivity index (χ4v) is 4.21. The molecule has 186 valence electrons. The second-order valence-corrected chi connectivity index (χ2v) is 9.93. The number of benzene rings is 3. The maximum atomic E-state index is 13.9. The Morgan fingerprint density at radius 1 is 1.06 bits per heavy atom. The van der Waals surface area contributed by atoms with Crippen LogP contribution in [0.1, 0.15) is 59.5 Å². The predicted molar refractivity (Wildman–Crippen MR) is 139 cm³/mol. The van der Waals surface area contributed by atoms with Crippen LogP contribution < -0.4 is 5.32 Å². The van der Waals surface area contributed by atoms with Gasteiger partial charge in [-0.25, -0.2) is 4.39 Å². The number of hydrogen-bond acceptors (Lipinski definition) is 4. The van der Waals surface area contributed by atoms with Crippen LogP contribution in [0.25, 0.3) is 11.1 Å². The number of carbonyl (C=O) groups is 1. The van der Waals surface area contributed by atoms with Crippen molar-refractivity contribution >= 4 is 6.29 Å². The summed E-state index contributed by atoms with van der Waals surface area (Å²) >= 11 is 0. The molecule has 0 unspecified atom stereocenters. The van der Waals surface area contributed by atoms with Gasteiger partial charge in [-0.15, -0.1) is 0 Å². The number of β-amino-alcohol motifs (C(OH)–C–C–N with tert-alkyl or cyclic N) is 1. The molecule has 0 fully saturated rings. The third-order valence-corrected chi connectivity index (χ3v) is 6.34. The molecule has 0 saturated heterocycles. The molecule has 0 bridgehead atoms. The molecule has 0 heterocycles. The molecule has 3 aromatic rings. The highest BCUT2D eigenvalue weighted by Crippen LogP contribution is 2.31. The van der Waals surface area contributed by atoms with Gasteiger partial charge in [-0.2, -0.15) is 0 Å². The van der Waals surface area contributed by atoms with E-state index in [1.54, 1.807) is 19.1 Å². The molecular weight excluding hydrogens is 441 g/mol. The van der Waals surface area contributed by atoms with E-state index in [2.05, 4.69) is 5.32 Å². The highest BCUT2D eigenvalue weighted by molar-refractivity contribution is 5.80. The Kier molecular flexibility index (Phi) is 8.95. The number of aliphatic hydroxyl groups excluding tert-OH is 1. The van der Waals surface area contributed by atoms with Crippen molar-refractivity contribution in [1.82, 2.24) is 5.32 Å². The van der Waals surface area contributed by atoms with Crippen molar-refractivity contribution in [2.45, 2.75) is 58.8 Å². The van der Waals surface area contributed by atoms with Crippen LogP contribution >= 0.6 is 0 Å². The molecule has 5 heteroatoms. The lowest BCUT2D eigenvalue weighted by Gasteiger charge is -2.28. The minimum absolute atomic E-state index is 0.181. The van der Waals surface area contributed by atoms with E-state index in [1.165, 1.54) is 0 Å². The highest BCUT2D eigenvalue weighted by Gasteiger charge is 2.21. The molecule has 4 nitrogen and oxygen atoms in total. The lowest BCUT2D eigenvalue weighted by Crippen LogP contribution is -2.46. The van der Waals surface area contributed by atoms with Crippen molar-refractivity contribution in [1.29, 1.82) is 0 Å². The molecular formula is C30H36FNO3. The molecule has 2 N–H and O–H groups in total. The van der Waals surface area contributed by atoms with Crippen molar-refractivity contribution in [3.8, 4) is 11.1 Å². The Hall–Kier alpha value is -2.86. The van der Waals surface area contributed by atoms with Gasteiger partial charge >= 0.3 is 0 Å². The van der Waals surface area contributed by atoms with Gasteiger partial charge in [-0.05, 0) is 80.5 Å². The van der Waals surface area contributed by atoms with E-state index in [-0.39, 0.29) is 24.1 Å². The number of hydrogen-bond donors (Lipinski definition) is 2. The van der Waals surface area contributed by atoms with E-state index < -0.39 is 6.10 Å². The first-order valence-corrected chi connectivity index (χ1v) is 12.0. The standard InChI is InChI=1S/C30H36FNO3/c1-20-10-11-23(15-29(20)31)16-30(4,5)32-17-26(34)19-35-22(3)27-8-6-7-9-28(27)24-12-13-25(18-33)21(2)14-24/h6-15,18,22,26,32,34H,16-17,19H2,1-5H3/t22-,26-/m1/s1. The molecule has 0 aromatic heterocycles. The summed E-state index contributed by atoms with van der Waals surface area (Å²) in [6, 6.07) is 19.1. The summed E-state index contributed by atoms with van der Waals surface area (Å²) < 4.78 is 19.9. The Morgan fingerprint density at radius 2 is 1.80 bits per heavy atom. The molecule has 2 atom stereocenters. The zero-order chi connectivity index (χ0) is 25.6. The van der Waals surface area contributed by atoms with Gasteiger partial charge in [-0.3, -0.25) is 4.79 Å². The summed E-state index contributed by atoms with van der Waals surface area (Å²) in [6.45, 7) is 10.3. The van der Waals surface area contributed by atoms with E-state index in [4.69, 9.17) is 4.74 Å². The zero-order valence-corrected chi connectivity index (χ0v) is 21.3. The molecule has 0 aliphatic carbocycles. The van der Waals surface area contributed by atoms with Crippen LogP contribution in [0.4, 0.5) is 4.39 Å². The molecule has 0 saturated carbocycles. The van der Waals surface area contributed by atoms with Crippen LogP contribution in [-0.2, 0) is 11.2 Å². The molecule has 0 aliphatic heterocycles. The summed E-state index contributed by atoms with van der Waals surface area (Å²) in [4.78, 5) is 11.2. The zero-order valence-electron chi connectivity index (χ0n) is 21.3. The molecule has 0 spiro atoms. The lowest BCUT2D eigenvalue weighted by atomic mass is 9.94. The minimum atomic E-state index is -0.687. The fourth-order valence-electron chi connectivity index (χ4n) is 4.21. The third-order valence-electron chi connectivity index (χ3n) is 6.34. The number of aliphatic hydroxyl groups is 1. The summed E-state index contributed by atoms with van der Waals surface area (Å²) in [5.74, 6) is -0.198. The quantitative estimate of drug-likeness (QED) is 0.334. The number of aryl methyl sites for hydroxylation is 2. The third kappa shape index (κ3) is 7.31. The Morgan fingerprint density at radius 3 is 2.49 bits per heavy atom.